The number of Topliss-reactive ketones (excluding diaryl/α,β-unsaturated/α-hetero) is 1. The maximum absolute atomic E-state index is 11.2. The number of ketones is 1. The lowest BCUT2D eigenvalue weighted by atomic mass is 10.1. The van der Waals surface area contributed by atoms with Crippen LogP contribution in [0, 0.1) is 5.92 Å². The lowest BCUT2D eigenvalue weighted by Crippen LogP contribution is -2.38. The van der Waals surface area contributed by atoms with Crippen LogP contribution in [0.2, 0.25) is 0 Å². The summed E-state index contributed by atoms with van der Waals surface area (Å²) in [5.41, 5.74) is 0. The van der Waals surface area contributed by atoms with Crippen molar-refractivity contribution in [2.75, 3.05) is 27.3 Å². The molecule has 0 aliphatic rings. The molecule has 0 heterocycles. The zero-order valence-corrected chi connectivity index (χ0v) is 9.33. The van der Waals surface area contributed by atoms with Crippen LogP contribution >= 0.6 is 0 Å². The summed E-state index contributed by atoms with van der Waals surface area (Å²) >= 11 is 0. The van der Waals surface area contributed by atoms with E-state index in [0.717, 1.165) is 0 Å². The van der Waals surface area contributed by atoms with Crippen LogP contribution in [0.25, 0.3) is 0 Å². The standard InChI is InChI=1S/C10H21NO2/c1-8(2)9(3)11(4)6-10(12)7-13-5/h8-9H,6-7H2,1-5H3. The Hall–Kier alpha value is -0.410. The molecule has 0 spiro atoms. The zero-order valence-electron chi connectivity index (χ0n) is 9.33. The fraction of sp³-hybridized carbons (Fsp3) is 0.900. The van der Waals surface area contributed by atoms with Gasteiger partial charge in [0.2, 0.25) is 0 Å². The fourth-order valence-corrected chi connectivity index (χ4v) is 1.14. The predicted octanol–water partition coefficient (Wildman–Crippen LogP) is 1.18. The van der Waals surface area contributed by atoms with E-state index in [-0.39, 0.29) is 12.4 Å². The van der Waals surface area contributed by atoms with Crippen molar-refractivity contribution in [3.8, 4) is 0 Å². The van der Waals surface area contributed by atoms with Crippen LogP contribution in [0.5, 0.6) is 0 Å². The molecular weight excluding hydrogens is 166 g/mol. The van der Waals surface area contributed by atoms with Gasteiger partial charge < -0.3 is 4.74 Å². The number of ether oxygens (including phenoxy) is 1. The van der Waals surface area contributed by atoms with Gasteiger partial charge >= 0.3 is 0 Å². The van der Waals surface area contributed by atoms with Gasteiger partial charge in [-0.1, -0.05) is 13.8 Å². The summed E-state index contributed by atoms with van der Waals surface area (Å²) in [4.78, 5) is 13.3. The van der Waals surface area contributed by atoms with Gasteiger partial charge in [0.15, 0.2) is 5.78 Å². The van der Waals surface area contributed by atoms with Gasteiger partial charge in [0.05, 0.1) is 6.54 Å². The minimum atomic E-state index is 0.137. The molecule has 1 unspecified atom stereocenters. The van der Waals surface area contributed by atoms with Crippen molar-refractivity contribution in [2.45, 2.75) is 26.8 Å². The first-order valence-electron chi connectivity index (χ1n) is 4.70. The van der Waals surface area contributed by atoms with Gasteiger partial charge in [0.25, 0.3) is 0 Å². The molecule has 0 aromatic rings. The maximum Gasteiger partial charge on any atom is 0.172 e. The van der Waals surface area contributed by atoms with Gasteiger partial charge in [-0.25, -0.2) is 0 Å². The van der Waals surface area contributed by atoms with Gasteiger partial charge in [-0.2, -0.15) is 0 Å². The van der Waals surface area contributed by atoms with E-state index in [4.69, 9.17) is 4.74 Å². The second kappa shape index (κ2) is 6.11. The van der Waals surface area contributed by atoms with Crippen LogP contribution in [-0.2, 0) is 9.53 Å². The van der Waals surface area contributed by atoms with E-state index in [1.165, 1.54) is 0 Å². The molecule has 0 radical (unpaired) electrons. The SMILES string of the molecule is COCC(=O)CN(C)C(C)C(C)C. The second-order valence-corrected chi connectivity index (χ2v) is 3.87. The van der Waals surface area contributed by atoms with E-state index in [9.17, 15) is 4.79 Å². The van der Waals surface area contributed by atoms with E-state index in [0.29, 0.717) is 18.5 Å². The maximum atomic E-state index is 11.2. The number of hydrogen-bond donors (Lipinski definition) is 0. The third kappa shape index (κ3) is 5.01. The quantitative estimate of drug-likeness (QED) is 0.625. The Morgan fingerprint density at radius 1 is 1.38 bits per heavy atom. The molecule has 1 atom stereocenters. The third-order valence-electron chi connectivity index (χ3n) is 2.39. The number of hydrogen-bond acceptors (Lipinski definition) is 3. The minimum Gasteiger partial charge on any atom is -0.377 e. The predicted molar refractivity (Wildman–Crippen MR) is 53.8 cm³/mol. The number of carbonyl (C=O) groups excluding carboxylic acids is 1. The molecular formula is C10H21NO2. The fourth-order valence-electron chi connectivity index (χ4n) is 1.14. The van der Waals surface area contributed by atoms with Crippen LogP contribution in [-0.4, -0.2) is 44.0 Å². The highest BCUT2D eigenvalue weighted by molar-refractivity contribution is 5.81. The van der Waals surface area contributed by atoms with Crippen LogP contribution in [0.1, 0.15) is 20.8 Å². The first kappa shape index (κ1) is 12.6. The molecule has 0 amide bonds. The van der Waals surface area contributed by atoms with Crippen molar-refractivity contribution in [1.82, 2.24) is 4.90 Å². The molecule has 78 valence electrons. The Balaban J connectivity index is 3.85. The van der Waals surface area contributed by atoms with Crippen molar-refractivity contribution in [3.63, 3.8) is 0 Å². The van der Waals surface area contributed by atoms with E-state index in [1.807, 2.05) is 7.05 Å². The molecule has 3 heteroatoms. The summed E-state index contributed by atoms with van der Waals surface area (Å²) in [7, 11) is 3.52. The zero-order chi connectivity index (χ0) is 10.4. The van der Waals surface area contributed by atoms with Crippen LogP contribution < -0.4 is 0 Å². The molecule has 0 rings (SSSR count). The van der Waals surface area contributed by atoms with Gasteiger partial charge in [-0.05, 0) is 19.9 Å². The number of carbonyl (C=O) groups is 1. The molecule has 0 N–H and O–H groups in total. The summed E-state index contributed by atoms with van der Waals surface area (Å²) in [6.45, 7) is 7.14. The third-order valence-corrected chi connectivity index (χ3v) is 2.39. The van der Waals surface area contributed by atoms with Crippen molar-refractivity contribution in [3.05, 3.63) is 0 Å². The van der Waals surface area contributed by atoms with Crippen molar-refractivity contribution in [1.29, 1.82) is 0 Å². The lowest BCUT2D eigenvalue weighted by molar-refractivity contribution is -0.124. The first-order chi connectivity index (χ1) is 5.99. The molecule has 0 fully saturated rings. The first-order valence-corrected chi connectivity index (χ1v) is 4.70. The van der Waals surface area contributed by atoms with E-state index in [1.54, 1.807) is 7.11 Å². The normalized spacial score (nSPS) is 13.8. The molecule has 0 aromatic heterocycles. The molecule has 0 saturated heterocycles. The monoisotopic (exact) mass is 187 g/mol. The number of nitrogens with zero attached hydrogens (tertiary/aromatic N) is 1. The van der Waals surface area contributed by atoms with E-state index in [2.05, 4.69) is 25.7 Å². The Kier molecular flexibility index (Phi) is 5.91. The van der Waals surface area contributed by atoms with Crippen LogP contribution in [0.3, 0.4) is 0 Å². The summed E-state index contributed by atoms with van der Waals surface area (Å²) in [6.07, 6.45) is 0. The molecule has 0 aromatic carbocycles. The molecule has 3 nitrogen and oxygen atoms in total. The molecule has 0 bridgehead atoms. The van der Waals surface area contributed by atoms with E-state index < -0.39 is 0 Å². The van der Waals surface area contributed by atoms with E-state index >= 15 is 0 Å². The van der Waals surface area contributed by atoms with Crippen molar-refractivity contribution < 1.29 is 9.53 Å². The Morgan fingerprint density at radius 3 is 2.31 bits per heavy atom. The van der Waals surface area contributed by atoms with Gasteiger partial charge in [0.1, 0.15) is 6.61 Å². The highest BCUT2D eigenvalue weighted by Crippen LogP contribution is 2.07. The molecule has 0 aliphatic heterocycles. The Labute approximate surface area is 81.1 Å². The number of methoxy groups -OCH3 is 1. The topological polar surface area (TPSA) is 29.5 Å². The highest BCUT2D eigenvalue weighted by atomic mass is 16.5. The Morgan fingerprint density at radius 2 is 1.92 bits per heavy atom. The van der Waals surface area contributed by atoms with Crippen LogP contribution in [0.15, 0.2) is 0 Å². The minimum absolute atomic E-state index is 0.137. The average molecular weight is 187 g/mol. The molecule has 0 saturated carbocycles. The summed E-state index contributed by atoms with van der Waals surface area (Å²) in [6, 6.07) is 0.431. The van der Waals surface area contributed by atoms with Crippen molar-refractivity contribution in [2.24, 2.45) is 5.92 Å². The largest absolute Gasteiger partial charge is 0.377 e. The lowest BCUT2D eigenvalue weighted by Gasteiger charge is -2.26. The summed E-state index contributed by atoms with van der Waals surface area (Å²) < 4.78 is 4.77. The van der Waals surface area contributed by atoms with Crippen molar-refractivity contribution >= 4 is 5.78 Å². The average Bonchev–Trinajstić information content (AvgIpc) is 2.03. The molecule has 0 aliphatic carbocycles. The summed E-state index contributed by atoms with van der Waals surface area (Å²) in [5.74, 6) is 0.706. The second-order valence-electron chi connectivity index (χ2n) is 3.87. The van der Waals surface area contributed by atoms with Gasteiger partial charge in [-0.3, -0.25) is 9.69 Å². The smallest absolute Gasteiger partial charge is 0.172 e. The van der Waals surface area contributed by atoms with Gasteiger partial charge in [0, 0.05) is 13.2 Å². The Bertz CT molecular complexity index is 157. The molecule has 13 heavy (non-hydrogen) atoms. The van der Waals surface area contributed by atoms with Gasteiger partial charge in [-0.15, -0.1) is 0 Å². The summed E-state index contributed by atoms with van der Waals surface area (Å²) in [5, 5.41) is 0. The van der Waals surface area contributed by atoms with Crippen LogP contribution in [0.4, 0.5) is 0 Å². The number of likely N-dealkylation sites (N-methyl/N-ethyl adjacent to an activating group) is 1. The highest BCUT2D eigenvalue weighted by Gasteiger charge is 2.15. The number of rotatable bonds is 6.